The van der Waals surface area contributed by atoms with Crippen molar-refractivity contribution in [3.8, 4) is 5.75 Å². The van der Waals surface area contributed by atoms with Gasteiger partial charge in [-0.15, -0.1) is 0 Å². The number of hydrogen-bond donors (Lipinski definition) is 0. The van der Waals surface area contributed by atoms with E-state index in [9.17, 15) is 14.4 Å². The van der Waals surface area contributed by atoms with Gasteiger partial charge >= 0.3 is 5.97 Å². The molecular weight excluding hydrogens is 412 g/mol. The molecule has 0 spiro atoms. The molecule has 2 aliphatic heterocycles. The van der Waals surface area contributed by atoms with E-state index in [1.165, 1.54) is 0 Å². The third-order valence-electron chi connectivity index (χ3n) is 6.15. The van der Waals surface area contributed by atoms with Gasteiger partial charge in [0.1, 0.15) is 5.75 Å². The van der Waals surface area contributed by atoms with Gasteiger partial charge in [-0.2, -0.15) is 0 Å². The number of likely N-dealkylation sites (tertiary alicyclic amines) is 1. The van der Waals surface area contributed by atoms with E-state index in [4.69, 9.17) is 14.2 Å². The molecule has 176 valence electrons. The molecule has 0 aromatic heterocycles. The number of para-hydroxylation sites is 1. The second-order valence-corrected chi connectivity index (χ2v) is 8.40. The van der Waals surface area contributed by atoms with Gasteiger partial charge in [0.25, 0.3) is 5.91 Å². The number of carbonyl (C=O) groups is 3. The van der Waals surface area contributed by atoms with Crippen molar-refractivity contribution in [2.24, 2.45) is 5.92 Å². The van der Waals surface area contributed by atoms with E-state index in [-0.39, 0.29) is 30.9 Å². The molecule has 2 amide bonds. The molecule has 0 saturated carbocycles. The maximum atomic E-state index is 13.2. The number of morpholine rings is 1. The Morgan fingerprint density at radius 2 is 2.03 bits per heavy atom. The Kier molecular flexibility index (Phi) is 8.50. The highest BCUT2D eigenvalue weighted by molar-refractivity contribution is 5.85. The average molecular weight is 447 g/mol. The molecule has 2 heterocycles. The summed E-state index contributed by atoms with van der Waals surface area (Å²) in [4.78, 5) is 42.0. The monoisotopic (exact) mass is 446 g/mol. The minimum atomic E-state index is -0.558. The van der Waals surface area contributed by atoms with Gasteiger partial charge in [-0.05, 0) is 25.8 Å². The summed E-state index contributed by atoms with van der Waals surface area (Å²) in [5.74, 6) is -0.583. The predicted octanol–water partition coefficient (Wildman–Crippen LogP) is 2.57. The van der Waals surface area contributed by atoms with Crippen LogP contribution < -0.4 is 4.74 Å². The van der Waals surface area contributed by atoms with Gasteiger partial charge in [0.05, 0.1) is 31.8 Å². The maximum Gasteiger partial charge on any atom is 0.311 e. The topological polar surface area (TPSA) is 85.4 Å². The SMILES string of the molecule is CCCCN1C(=O)CCC(C(=O)OCC(=O)N2CCOC(C)C2)C1c1ccccc1OC. The summed E-state index contributed by atoms with van der Waals surface area (Å²) in [7, 11) is 1.58. The molecule has 2 saturated heterocycles. The molecule has 0 radical (unpaired) electrons. The second-order valence-electron chi connectivity index (χ2n) is 8.40. The first-order valence-corrected chi connectivity index (χ1v) is 11.4. The molecule has 2 fully saturated rings. The summed E-state index contributed by atoms with van der Waals surface area (Å²) >= 11 is 0. The first-order valence-electron chi connectivity index (χ1n) is 11.4. The minimum Gasteiger partial charge on any atom is -0.496 e. The highest BCUT2D eigenvalue weighted by Crippen LogP contribution is 2.41. The number of amides is 2. The van der Waals surface area contributed by atoms with Crippen molar-refractivity contribution in [1.82, 2.24) is 9.80 Å². The fraction of sp³-hybridized carbons (Fsp3) is 0.625. The largest absolute Gasteiger partial charge is 0.496 e. The van der Waals surface area contributed by atoms with Crippen LogP contribution in [0, 0.1) is 5.92 Å². The van der Waals surface area contributed by atoms with Crippen LogP contribution in [0.3, 0.4) is 0 Å². The van der Waals surface area contributed by atoms with E-state index in [0.29, 0.717) is 38.4 Å². The van der Waals surface area contributed by atoms with Crippen molar-refractivity contribution in [2.75, 3.05) is 40.0 Å². The van der Waals surface area contributed by atoms with Gasteiger partial charge in [0.2, 0.25) is 5.91 Å². The fourth-order valence-electron chi connectivity index (χ4n) is 4.46. The highest BCUT2D eigenvalue weighted by atomic mass is 16.5. The number of methoxy groups -OCH3 is 1. The molecule has 8 heteroatoms. The van der Waals surface area contributed by atoms with Gasteiger partial charge in [-0.25, -0.2) is 0 Å². The number of nitrogens with zero attached hydrogens (tertiary/aromatic N) is 2. The Hall–Kier alpha value is -2.61. The molecule has 3 rings (SSSR count). The van der Waals surface area contributed by atoms with Crippen molar-refractivity contribution in [1.29, 1.82) is 0 Å². The van der Waals surface area contributed by atoms with Crippen LogP contribution in [0.2, 0.25) is 0 Å². The number of benzene rings is 1. The van der Waals surface area contributed by atoms with Crippen LogP contribution in [-0.4, -0.2) is 73.6 Å². The Bertz CT molecular complexity index is 813. The molecule has 1 aromatic rings. The maximum absolute atomic E-state index is 13.2. The molecule has 1 aromatic carbocycles. The van der Waals surface area contributed by atoms with E-state index in [0.717, 1.165) is 18.4 Å². The van der Waals surface area contributed by atoms with E-state index < -0.39 is 17.9 Å². The van der Waals surface area contributed by atoms with Crippen molar-refractivity contribution in [3.63, 3.8) is 0 Å². The molecule has 3 atom stereocenters. The summed E-state index contributed by atoms with van der Waals surface area (Å²) in [5.41, 5.74) is 0.787. The van der Waals surface area contributed by atoms with Gasteiger partial charge in [-0.1, -0.05) is 31.5 Å². The zero-order chi connectivity index (χ0) is 23.1. The number of carbonyl (C=O) groups excluding carboxylic acids is 3. The lowest BCUT2D eigenvalue weighted by Crippen LogP contribution is -2.48. The average Bonchev–Trinajstić information content (AvgIpc) is 2.81. The minimum absolute atomic E-state index is 0.0248. The van der Waals surface area contributed by atoms with Crippen LogP contribution in [0.25, 0.3) is 0 Å². The molecule has 2 aliphatic rings. The molecule has 32 heavy (non-hydrogen) atoms. The first-order chi connectivity index (χ1) is 15.5. The van der Waals surface area contributed by atoms with Crippen molar-refractivity contribution in [2.45, 2.75) is 51.7 Å². The van der Waals surface area contributed by atoms with E-state index >= 15 is 0 Å². The van der Waals surface area contributed by atoms with Crippen molar-refractivity contribution in [3.05, 3.63) is 29.8 Å². The normalized spacial score (nSPS) is 23.7. The zero-order valence-corrected chi connectivity index (χ0v) is 19.2. The molecule has 0 bridgehead atoms. The van der Waals surface area contributed by atoms with Gasteiger partial charge in [0.15, 0.2) is 6.61 Å². The molecule has 0 aliphatic carbocycles. The third-order valence-corrected chi connectivity index (χ3v) is 6.15. The number of esters is 1. The van der Waals surface area contributed by atoms with Crippen LogP contribution in [0.5, 0.6) is 5.75 Å². The number of piperidine rings is 1. The van der Waals surface area contributed by atoms with Gasteiger partial charge in [-0.3, -0.25) is 14.4 Å². The van der Waals surface area contributed by atoms with Crippen LogP contribution >= 0.6 is 0 Å². The fourth-order valence-corrected chi connectivity index (χ4v) is 4.46. The molecular formula is C24H34N2O6. The van der Waals surface area contributed by atoms with Crippen molar-refractivity contribution >= 4 is 17.8 Å². The van der Waals surface area contributed by atoms with Crippen molar-refractivity contribution < 1.29 is 28.6 Å². The summed E-state index contributed by atoms with van der Waals surface area (Å²) in [6.07, 6.45) is 2.40. The molecule has 3 unspecified atom stereocenters. The Morgan fingerprint density at radius 1 is 1.25 bits per heavy atom. The first kappa shape index (κ1) is 24.0. The third kappa shape index (κ3) is 5.59. The van der Waals surface area contributed by atoms with Crippen LogP contribution in [-0.2, 0) is 23.9 Å². The number of rotatable bonds is 8. The quantitative estimate of drug-likeness (QED) is 0.571. The summed E-state index contributed by atoms with van der Waals surface area (Å²) in [6.45, 7) is 5.70. The smallest absolute Gasteiger partial charge is 0.311 e. The predicted molar refractivity (Wildman–Crippen MR) is 118 cm³/mol. The summed E-state index contributed by atoms with van der Waals surface area (Å²) in [5, 5.41) is 0. The summed E-state index contributed by atoms with van der Waals surface area (Å²) < 4.78 is 16.5. The Balaban J connectivity index is 1.78. The zero-order valence-electron chi connectivity index (χ0n) is 19.2. The van der Waals surface area contributed by atoms with Crippen LogP contribution in [0.1, 0.15) is 51.1 Å². The Labute approximate surface area is 189 Å². The lowest BCUT2D eigenvalue weighted by Gasteiger charge is -2.41. The van der Waals surface area contributed by atoms with E-state index in [2.05, 4.69) is 6.92 Å². The lowest BCUT2D eigenvalue weighted by molar-refractivity contribution is -0.163. The number of hydrogen-bond acceptors (Lipinski definition) is 6. The van der Waals surface area contributed by atoms with Crippen LogP contribution in [0.15, 0.2) is 24.3 Å². The lowest BCUT2D eigenvalue weighted by atomic mass is 9.83. The number of unbranched alkanes of at least 4 members (excludes halogenated alkanes) is 1. The number of ether oxygens (including phenoxy) is 3. The summed E-state index contributed by atoms with van der Waals surface area (Å²) in [6, 6.07) is 6.98. The van der Waals surface area contributed by atoms with Crippen LogP contribution in [0.4, 0.5) is 0 Å². The Morgan fingerprint density at radius 3 is 2.75 bits per heavy atom. The highest BCUT2D eigenvalue weighted by Gasteiger charge is 2.42. The molecule has 0 N–H and O–H groups in total. The molecule has 8 nitrogen and oxygen atoms in total. The van der Waals surface area contributed by atoms with E-state index in [1.54, 1.807) is 16.9 Å². The second kappa shape index (κ2) is 11.3. The standard InChI is InChI=1S/C24H34N2O6/c1-4-5-12-26-21(27)11-10-19(23(26)18-8-6-7-9-20(18)30-3)24(29)32-16-22(28)25-13-14-31-17(2)15-25/h6-9,17,19,23H,4-5,10-16H2,1-3H3. The van der Waals surface area contributed by atoms with E-state index in [1.807, 2.05) is 31.2 Å². The van der Waals surface area contributed by atoms with Gasteiger partial charge < -0.3 is 24.0 Å². The van der Waals surface area contributed by atoms with Gasteiger partial charge in [0, 0.05) is 31.6 Å².